The first-order valence-electron chi connectivity index (χ1n) is 6.90. The second-order valence-electron chi connectivity index (χ2n) is 5.17. The van der Waals surface area contributed by atoms with Crippen LogP contribution in [-0.4, -0.2) is 25.6 Å². The van der Waals surface area contributed by atoms with Crippen molar-refractivity contribution in [3.63, 3.8) is 0 Å². The fourth-order valence-electron chi connectivity index (χ4n) is 2.80. The van der Waals surface area contributed by atoms with E-state index in [2.05, 4.69) is 6.92 Å². The summed E-state index contributed by atoms with van der Waals surface area (Å²) in [5, 5.41) is 0. The molecule has 1 aromatic carbocycles. The Morgan fingerprint density at radius 2 is 2.16 bits per heavy atom. The fraction of sp³-hybridized carbons (Fsp3) is 0.562. The zero-order valence-electron chi connectivity index (χ0n) is 12.2. The first-order chi connectivity index (χ1) is 9.10. The summed E-state index contributed by atoms with van der Waals surface area (Å²) in [5.41, 5.74) is 2.88. The van der Waals surface area contributed by atoms with E-state index in [1.165, 1.54) is 0 Å². The van der Waals surface area contributed by atoms with Gasteiger partial charge >= 0.3 is 0 Å². The van der Waals surface area contributed by atoms with E-state index < -0.39 is 0 Å². The number of Topliss-reactive ketones (excluding diaryl/α,β-unsaturated/α-hetero) is 1. The first-order valence-corrected chi connectivity index (χ1v) is 6.90. The van der Waals surface area contributed by atoms with Crippen molar-refractivity contribution in [2.75, 3.05) is 13.7 Å². The molecule has 1 aliphatic heterocycles. The lowest BCUT2D eigenvalue weighted by atomic mass is 9.88. The maximum atomic E-state index is 12.7. The first kappa shape index (κ1) is 14.1. The van der Waals surface area contributed by atoms with Gasteiger partial charge in [-0.1, -0.05) is 13.0 Å². The van der Waals surface area contributed by atoms with Crippen LogP contribution in [0.1, 0.15) is 41.3 Å². The third kappa shape index (κ3) is 2.52. The highest BCUT2D eigenvalue weighted by atomic mass is 16.5. The molecule has 1 aliphatic rings. The van der Waals surface area contributed by atoms with Gasteiger partial charge in [0.15, 0.2) is 5.78 Å². The van der Waals surface area contributed by atoms with Crippen LogP contribution in [0.3, 0.4) is 0 Å². The van der Waals surface area contributed by atoms with Crippen molar-refractivity contribution < 1.29 is 14.3 Å². The van der Waals surface area contributed by atoms with Gasteiger partial charge in [-0.2, -0.15) is 0 Å². The van der Waals surface area contributed by atoms with Gasteiger partial charge in [-0.15, -0.1) is 0 Å². The quantitative estimate of drug-likeness (QED) is 0.781. The molecular weight excluding hydrogens is 240 g/mol. The topological polar surface area (TPSA) is 35.5 Å². The molecule has 0 spiro atoms. The molecule has 1 heterocycles. The highest BCUT2D eigenvalue weighted by Crippen LogP contribution is 2.33. The highest BCUT2D eigenvalue weighted by Gasteiger charge is 2.34. The Bertz CT molecular complexity index is 479. The van der Waals surface area contributed by atoms with Crippen molar-refractivity contribution in [3.05, 3.63) is 28.8 Å². The Labute approximate surface area is 114 Å². The van der Waals surface area contributed by atoms with Gasteiger partial charge in [-0.3, -0.25) is 4.79 Å². The zero-order chi connectivity index (χ0) is 14.0. The van der Waals surface area contributed by atoms with Crippen LogP contribution in [0.5, 0.6) is 5.75 Å². The summed E-state index contributed by atoms with van der Waals surface area (Å²) >= 11 is 0. The van der Waals surface area contributed by atoms with E-state index in [0.717, 1.165) is 24.0 Å². The maximum Gasteiger partial charge on any atom is 0.172 e. The average molecular weight is 262 g/mol. The summed E-state index contributed by atoms with van der Waals surface area (Å²) in [5.74, 6) is 0.844. The van der Waals surface area contributed by atoms with Crippen molar-refractivity contribution in [1.29, 1.82) is 0 Å². The second-order valence-corrected chi connectivity index (χ2v) is 5.17. The van der Waals surface area contributed by atoms with Crippen LogP contribution >= 0.6 is 0 Å². The van der Waals surface area contributed by atoms with Gasteiger partial charge in [0.1, 0.15) is 5.75 Å². The highest BCUT2D eigenvalue weighted by molar-refractivity contribution is 6.01. The van der Waals surface area contributed by atoms with Gasteiger partial charge < -0.3 is 9.47 Å². The number of aryl methyl sites for hydroxylation is 1. The molecule has 0 saturated carbocycles. The van der Waals surface area contributed by atoms with Crippen molar-refractivity contribution in [2.24, 2.45) is 5.92 Å². The average Bonchev–Trinajstić information content (AvgIpc) is 2.89. The Morgan fingerprint density at radius 3 is 2.79 bits per heavy atom. The maximum absolute atomic E-state index is 12.7. The minimum absolute atomic E-state index is 0.0268. The van der Waals surface area contributed by atoms with Crippen LogP contribution in [0.4, 0.5) is 0 Å². The third-order valence-electron chi connectivity index (χ3n) is 4.10. The molecule has 0 N–H and O–H groups in total. The van der Waals surface area contributed by atoms with E-state index in [-0.39, 0.29) is 17.8 Å². The number of carbonyl (C=O) groups excluding carboxylic acids is 1. The molecule has 0 radical (unpaired) electrons. The number of hydrogen-bond donors (Lipinski definition) is 0. The zero-order valence-corrected chi connectivity index (χ0v) is 12.2. The summed E-state index contributed by atoms with van der Waals surface area (Å²) in [7, 11) is 1.63. The molecule has 3 heteroatoms. The molecule has 1 fully saturated rings. The number of carbonyl (C=O) groups is 1. The standard InChI is InChI=1S/C16H22O3/c1-5-14-12(8-9-19-14)15(17)13-7-6-10(2)11(3)16(13)18-4/h6-7,12,14H,5,8-9H2,1-4H3. The molecule has 0 amide bonds. The lowest BCUT2D eigenvalue weighted by Gasteiger charge is -2.18. The predicted octanol–water partition coefficient (Wildman–Crippen LogP) is 3.31. The lowest BCUT2D eigenvalue weighted by Crippen LogP contribution is -2.24. The predicted molar refractivity (Wildman–Crippen MR) is 74.9 cm³/mol. The number of rotatable bonds is 4. The van der Waals surface area contributed by atoms with Crippen molar-refractivity contribution in [3.8, 4) is 5.75 Å². The molecule has 2 rings (SSSR count). The smallest absolute Gasteiger partial charge is 0.172 e. The molecule has 0 aromatic heterocycles. The summed E-state index contributed by atoms with van der Waals surface area (Å²) in [6.07, 6.45) is 1.75. The van der Waals surface area contributed by atoms with E-state index in [0.29, 0.717) is 17.9 Å². The van der Waals surface area contributed by atoms with E-state index in [9.17, 15) is 4.79 Å². The summed E-state index contributed by atoms with van der Waals surface area (Å²) in [4.78, 5) is 12.7. The molecule has 1 saturated heterocycles. The Morgan fingerprint density at radius 1 is 1.42 bits per heavy atom. The van der Waals surface area contributed by atoms with E-state index in [4.69, 9.17) is 9.47 Å². The number of ether oxygens (including phenoxy) is 2. The minimum Gasteiger partial charge on any atom is -0.496 e. The molecule has 104 valence electrons. The van der Waals surface area contributed by atoms with Gasteiger partial charge in [-0.05, 0) is 43.9 Å². The number of ketones is 1. The van der Waals surface area contributed by atoms with Crippen LogP contribution in [0, 0.1) is 19.8 Å². The van der Waals surface area contributed by atoms with E-state index in [1.54, 1.807) is 7.11 Å². The van der Waals surface area contributed by atoms with Gasteiger partial charge in [0.05, 0.1) is 24.7 Å². The Hall–Kier alpha value is -1.35. The summed E-state index contributed by atoms with van der Waals surface area (Å²) < 4.78 is 11.1. The van der Waals surface area contributed by atoms with Crippen LogP contribution in [-0.2, 0) is 4.74 Å². The molecule has 2 unspecified atom stereocenters. The molecule has 19 heavy (non-hydrogen) atoms. The SMILES string of the molecule is CCC1OCCC1C(=O)c1ccc(C)c(C)c1OC. The molecule has 3 nitrogen and oxygen atoms in total. The van der Waals surface area contributed by atoms with Crippen LogP contribution in [0.15, 0.2) is 12.1 Å². The van der Waals surface area contributed by atoms with Crippen molar-refractivity contribution in [2.45, 2.75) is 39.7 Å². The van der Waals surface area contributed by atoms with Gasteiger partial charge in [-0.25, -0.2) is 0 Å². The fourth-order valence-corrected chi connectivity index (χ4v) is 2.80. The van der Waals surface area contributed by atoms with Gasteiger partial charge in [0, 0.05) is 6.61 Å². The van der Waals surface area contributed by atoms with E-state index in [1.807, 2.05) is 26.0 Å². The van der Waals surface area contributed by atoms with E-state index >= 15 is 0 Å². The Kier molecular flexibility index (Phi) is 4.25. The van der Waals surface area contributed by atoms with Crippen LogP contribution in [0.2, 0.25) is 0 Å². The molecule has 1 aromatic rings. The summed E-state index contributed by atoms with van der Waals surface area (Å²) in [6.45, 7) is 6.77. The van der Waals surface area contributed by atoms with Gasteiger partial charge in [0.2, 0.25) is 0 Å². The number of methoxy groups -OCH3 is 1. The second kappa shape index (κ2) is 5.74. The van der Waals surface area contributed by atoms with Crippen molar-refractivity contribution >= 4 is 5.78 Å². The largest absolute Gasteiger partial charge is 0.496 e. The lowest BCUT2D eigenvalue weighted by molar-refractivity contribution is 0.0687. The molecule has 2 atom stereocenters. The third-order valence-corrected chi connectivity index (χ3v) is 4.10. The Balaban J connectivity index is 2.36. The molecular formula is C16H22O3. The normalized spacial score (nSPS) is 22.5. The monoisotopic (exact) mass is 262 g/mol. The minimum atomic E-state index is -0.0268. The molecule has 0 aliphatic carbocycles. The van der Waals surface area contributed by atoms with Crippen LogP contribution < -0.4 is 4.74 Å². The van der Waals surface area contributed by atoms with Gasteiger partial charge in [0.25, 0.3) is 0 Å². The number of benzene rings is 1. The summed E-state index contributed by atoms with van der Waals surface area (Å²) in [6, 6.07) is 3.87. The van der Waals surface area contributed by atoms with Crippen molar-refractivity contribution in [1.82, 2.24) is 0 Å². The number of hydrogen-bond acceptors (Lipinski definition) is 3. The molecule has 0 bridgehead atoms. The van der Waals surface area contributed by atoms with Crippen LogP contribution in [0.25, 0.3) is 0 Å².